The highest BCUT2D eigenvalue weighted by molar-refractivity contribution is 6.06. The maximum Gasteiger partial charge on any atom is 0.328 e. The number of urea groups is 1. The first-order valence-corrected chi connectivity index (χ1v) is 6.14. The molecule has 0 saturated carbocycles. The number of benzene rings is 1. The SMILES string of the molecule is O=Cc1cc2ccc(N3CCC(=O)NC3=O)cc2cn1. The third-order valence-corrected chi connectivity index (χ3v) is 3.21. The predicted octanol–water partition coefficient (Wildman–Crippen LogP) is 1.49. The van der Waals surface area contributed by atoms with E-state index in [1.54, 1.807) is 18.3 Å². The number of imide groups is 1. The largest absolute Gasteiger partial charge is 0.328 e. The van der Waals surface area contributed by atoms with Gasteiger partial charge in [0.1, 0.15) is 5.69 Å². The minimum atomic E-state index is -0.418. The van der Waals surface area contributed by atoms with Crippen molar-refractivity contribution in [1.82, 2.24) is 10.3 Å². The zero-order valence-electron chi connectivity index (χ0n) is 10.5. The van der Waals surface area contributed by atoms with Gasteiger partial charge in [-0.1, -0.05) is 6.07 Å². The minimum Gasteiger partial charge on any atom is -0.296 e. The van der Waals surface area contributed by atoms with Gasteiger partial charge < -0.3 is 0 Å². The lowest BCUT2D eigenvalue weighted by Gasteiger charge is -2.26. The summed E-state index contributed by atoms with van der Waals surface area (Å²) in [5.74, 6) is -0.260. The number of hydrogen-bond donors (Lipinski definition) is 1. The number of aldehydes is 1. The molecular weight excluding hydrogens is 258 g/mol. The third-order valence-electron chi connectivity index (χ3n) is 3.21. The van der Waals surface area contributed by atoms with E-state index in [1.165, 1.54) is 4.90 Å². The van der Waals surface area contributed by atoms with Crippen molar-refractivity contribution in [2.45, 2.75) is 6.42 Å². The van der Waals surface area contributed by atoms with Crippen LogP contribution in [0.15, 0.2) is 30.5 Å². The van der Waals surface area contributed by atoms with Crippen molar-refractivity contribution in [3.8, 4) is 0 Å². The van der Waals surface area contributed by atoms with Gasteiger partial charge in [-0.3, -0.25) is 24.8 Å². The summed E-state index contributed by atoms with van der Waals surface area (Å²) in [6.45, 7) is 0.357. The molecule has 6 nitrogen and oxygen atoms in total. The summed E-state index contributed by atoms with van der Waals surface area (Å²) in [5, 5.41) is 3.99. The highest BCUT2D eigenvalue weighted by atomic mass is 16.2. The summed E-state index contributed by atoms with van der Waals surface area (Å²) < 4.78 is 0. The third kappa shape index (κ3) is 2.11. The molecule has 0 radical (unpaired) electrons. The van der Waals surface area contributed by atoms with Gasteiger partial charge in [0.05, 0.1) is 0 Å². The molecule has 0 atom stereocenters. The first-order chi connectivity index (χ1) is 9.67. The standard InChI is InChI=1S/C14H11N3O3/c18-8-11-5-9-1-2-12(6-10(9)7-15-11)17-4-3-13(19)16-14(17)20/h1-2,5-8H,3-4H2,(H,16,19,20). The van der Waals surface area contributed by atoms with Gasteiger partial charge in [0.25, 0.3) is 0 Å². The molecule has 6 heteroatoms. The van der Waals surface area contributed by atoms with Gasteiger partial charge in [0.2, 0.25) is 5.91 Å². The highest BCUT2D eigenvalue weighted by Crippen LogP contribution is 2.23. The van der Waals surface area contributed by atoms with Crippen LogP contribution in [0.3, 0.4) is 0 Å². The maximum atomic E-state index is 11.8. The van der Waals surface area contributed by atoms with E-state index in [4.69, 9.17) is 0 Å². The van der Waals surface area contributed by atoms with E-state index in [1.807, 2.05) is 12.1 Å². The van der Waals surface area contributed by atoms with Crippen LogP contribution in [0.25, 0.3) is 10.8 Å². The number of carbonyl (C=O) groups is 3. The predicted molar refractivity (Wildman–Crippen MR) is 72.6 cm³/mol. The first-order valence-electron chi connectivity index (χ1n) is 6.14. The lowest BCUT2D eigenvalue weighted by atomic mass is 10.1. The molecule has 0 aliphatic carbocycles. The molecular formula is C14H11N3O3. The Hall–Kier alpha value is -2.76. The Balaban J connectivity index is 1.98. The van der Waals surface area contributed by atoms with Crippen LogP contribution in [0.2, 0.25) is 0 Å². The molecule has 3 amide bonds. The molecule has 0 spiro atoms. The van der Waals surface area contributed by atoms with Gasteiger partial charge in [-0.15, -0.1) is 0 Å². The van der Waals surface area contributed by atoms with Crippen molar-refractivity contribution in [2.75, 3.05) is 11.4 Å². The average molecular weight is 269 g/mol. The van der Waals surface area contributed by atoms with Crippen LogP contribution in [-0.2, 0) is 4.79 Å². The number of pyridine rings is 1. The summed E-state index contributed by atoms with van der Waals surface area (Å²) in [5.41, 5.74) is 1.06. The van der Waals surface area contributed by atoms with E-state index in [9.17, 15) is 14.4 Å². The second kappa shape index (κ2) is 4.73. The van der Waals surface area contributed by atoms with E-state index in [-0.39, 0.29) is 12.3 Å². The molecule has 1 aromatic heterocycles. The Labute approximate surface area is 114 Å². The maximum absolute atomic E-state index is 11.8. The Morgan fingerprint density at radius 1 is 1.20 bits per heavy atom. The van der Waals surface area contributed by atoms with Crippen LogP contribution in [0.4, 0.5) is 10.5 Å². The van der Waals surface area contributed by atoms with E-state index in [2.05, 4.69) is 10.3 Å². The van der Waals surface area contributed by atoms with Gasteiger partial charge in [-0.25, -0.2) is 4.79 Å². The number of amides is 3. The zero-order valence-corrected chi connectivity index (χ0v) is 10.5. The second-order valence-electron chi connectivity index (χ2n) is 4.51. The quantitative estimate of drug-likeness (QED) is 0.838. The molecule has 0 unspecified atom stereocenters. The summed E-state index contributed by atoms with van der Waals surface area (Å²) in [7, 11) is 0. The molecule has 1 fully saturated rings. The highest BCUT2D eigenvalue weighted by Gasteiger charge is 2.24. The molecule has 100 valence electrons. The lowest BCUT2D eigenvalue weighted by molar-refractivity contribution is -0.120. The van der Waals surface area contributed by atoms with Crippen LogP contribution < -0.4 is 10.2 Å². The van der Waals surface area contributed by atoms with Crippen molar-refractivity contribution in [1.29, 1.82) is 0 Å². The number of hydrogen-bond acceptors (Lipinski definition) is 4. The van der Waals surface area contributed by atoms with Gasteiger partial charge in [-0.2, -0.15) is 0 Å². The molecule has 1 aliphatic rings. The molecule has 2 aromatic rings. The van der Waals surface area contributed by atoms with Crippen molar-refractivity contribution in [3.05, 3.63) is 36.2 Å². The summed E-state index contributed by atoms with van der Waals surface area (Å²) in [6.07, 6.45) is 2.57. The Kier molecular flexibility index (Phi) is 2.90. The van der Waals surface area contributed by atoms with E-state index in [0.29, 0.717) is 24.2 Å². The number of carbonyl (C=O) groups excluding carboxylic acids is 3. The first kappa shape index (κ1) is 12.3. The topological polar surface area (TPSA) is 79.4 Å². The number of anilines is 1. The van der Waals surface area contributed by atoms with Gasteiger partial charge >= 0.3 is 6.03 Å². The van der Waals surface area contributed by atoms with Crippen LogP contribution >= 0.6 is 0 Å². The fourth-order valence-electron chi connectivity index (χ4n) is 2.19. The number of nitrogens with one attached hydrogen (secondary N) is 1. The monoisotopic (exact) mass is 269 g/mol. The number of nitrogens with zero attached hydrogens (tertiary/aromatic N) is 2. The zero-order chi connectivity index (χ0) is 14.1. The molecule has 1 N–H and O–H groups in total. The van der Waals surface area contributed by atoms with Crippen LogP contribution in [0.1, 0.15) is 16.9 Å². The normalized spacial score (nSPS) is 15.3. The molecule has 2 heterocycles. The molecule has 0 bridgehead atoms. The fraction of sp³-hybridized carbons (Fsp3) is 0.143. The fourth-order valence-corrected chi connectivity index (χ4v) is 2.19. The number of aromatic nitrogens is 1. The van der Waals surface area contributed by atoms with Gasteiger partial charge in [0, 0.05) is 30.2 Å². The summed E-state index contributed by atoms with van der Waals surface area (Å²) in [4.78, 5) is 39.1. The van der Waals surface area contributed by atoms with Crippen molar-refractivity contribution in [2.24, 2.45) is 0 Å². The van der Waals surface area contributed by atoms with E-state index in [0.717, 1.165) is 10.8 Å². The molecule has 20 heavy (non-hydrogen) atoms. The van der Waals surface area contributed by atoms with Gasteiger partial charge in [-0.05, 0) is 23.6 Å². The Bertz CT molecular complexity index is 727. The molecule has 1 aliphatic heterocycles. The lowest BCUT2D eigenvalue weighted by Crippen LogP contribution is -2.49. The summed E-state index contributed by atoms with van der Waals surface area (Å²) in [6, 6.07) is 6.69. The molecule has 1 saturated heterocycles. The van der Waals surface area contributed by atoms with Crippen molar-refractivity contribution >= 4 is 34.7 Å². The smallest absolute Gasteiger partial charge is 0.296 e. The number of rotatable bonds is 2. The minimum absolute atomic E-state index is 0.260. The van der Waals surface area contributed by atoms with Crippen molar-refractivity contribution in [3.63, 3.8) is 0 Å². The Morgan fingerprint density at radius 2 is 2.05 bits per heavy atom. The van der Waals surface area contributed by atoms with Crippen LogP contribution in [0.5, 0.6) is 0 Å². The molecule has 3 rings (SSSR count). The average Bonchev–Trinajstić information content (AvgIpc) is 2.46. The Morgan fingerprint density at radius 3 is 2.80 bits per heavy atom. The van der Waals surface area contributed by atoms with Crippen molar-refractivity contribution < 1.29 is 14.4 Å². The second-order valence-corrected chi connectivity index (χ2v) is 4.51. The van der Waals surface area contributed by atoms with Crippen LogP contribution in [-0.4, -0.2) is 29.8 Å². The van der Waals surface area contributed by atoms with Crippen LogP contribution in [0, 0.1) is 0 Å². The van der Waals surface area contributed by atoms with E-state index >= 15 is 0 Å². The summed E-state index contributed by atoms with van der Waals surface area (Å²) >= 11 is 0. The number of fused-ring (bicyclic) bond motifs is 1. The molecule has 1 aromatic carbocycles. The van der Waals surface area contributed by atoms with E-state index < -0.39 is 6.03 Å². The van der Waals surface area contributed by atoms with Gasteiger partial charge in [0.15, 0.2) is 6.29 Å².